The van der Waals surface area contributed by atoms with Crippen LogP contribution in [0.4, 0.5) is 5.69 Å². The number of rotatable bonds is 5. The van der Waals surface area contributed by atoms with Crippen LogP contribution in [0.1, 0.15) is 19.3 Å². The Morgan fingerprint density at radius 3 is 2.68 bits per heavy atom. The summed E-state index contributed by atoms with van der Waals surface area (Å²) in [5.41, 5.74) is 1.06. The third kappa shape index (κ3) is 3.15. The fourth-order valence-electron chi connectivity index (χ4n) is 3.09. The zero-order valence-electron chi connectivity index (χ0n) is 14.7. The highest BCUT2D eigenvalue weighted by atomic mass is 16.2. The molecule has 3 heterocycles. The van der Waals surface area contributed by atoms with Gasteiger partial charge in [0.1, 0.15) is 5.39 Å². The Hall–Kier alpha value is -3.82. The van der Waals surface area contributed by atoms with Gasteiger partial charge < -0.3 is 10.3 Å². The molecule has 1 fully saturated rings. The number of benzene rings is 1. The molecule has 0 atom stereocenters. The normalized spacial score (nSPS) is 14.1. The monoisotopic (exact) mass is 380 g/mol. The molecular weight excluding hydrogens is 364 g/mol. The van der Waals surface area contributed by atoms with Gasteiger partial charge in [-0.15, -0.1) is 0 Å². The van der Waals surface area contributed by atoms with Crippen molar-refractivity contribution in [2.45, 2.75) is 19.3 Å². The fraction of sp³-hybridized carbons (Fsp3) is 0.222. The number of amides is 3. The number of carbonyl (C=O) groups is 3. The van der Waals surface area contributed by atoms with E-state index < -0.39 is 0 Å². The average molecular weight is 380 g/mol. The van der Waals surface area contributed by atoms with Gasteiger partial charge in [-0.25, -0.2) is 9.67 Å². The average Bonchev–Trinajstić information content (AvgIpc) is 3.25. The molecule has 0 radical (unpaired) electrons. The summed E-state index contributed by atoms with van der Waals surface area (Å²) < 4.78 is 1.47. The highest BCUT2D eigenvalue weighted by molar-refractivity contribution is 6.02. The Morgan fingerprint density at radius 1 is 1.14 bits per heavy atom. The Balaban J connectivity index is 1.55. The van der Waals surface area contributed by atoms with Crippen LogP contribution in [-0.2, 0) is 14.4 Å². The Labute approximate surface area is 158 Å². The lowest BCUT2D eigenvalue weighted by Gasteiger charge is -2.14. The molecule has 1 saturated heterocycles. The first-order valence-electron chi connectivity index (χ1n) is 8.68. The number of H-pyrrole nitrogens is 1. The SMILES string of the molecule is O=C(CCN1C(=O)CCC1=O)Nc1ccccc1-n1ncc2c(=O)[nH]cnc21. The molecule has 2 N–H and O–H groups in total. The van der Waals surface area contributed by atoms with Crippen molar-refractivity contribution in [3.63, 3.8) is 0 Å². The minimum absolute atomic E-state index is 0.0103. The number of hydrogen-bond acceptors (Lipinski definition) is 6. The van der Waals surface area contributed by atoms with Gasteiger partial charge in [0.25, 0.3) is 5.56 Å². The molecule has 0 aliphatic carbocycles. The number of carbonyl (C=O) groups excluding carboxylic acids is 3. The van der Waals surface area contributed by atoms with Crippen LogP contribution in [0.5, 0.6) is 0 Å². The summed E-state index contributed by atoms with van der Waals surface area (Å²) in [5.74, 6) is -0.850. The smallest absolute Gasteiger partial charge is 0.261 e. The van der Waals surface area contributed by atoms with Crippen molar-refractivity contribution in [1.82, 2.24) is 24.6 Å². The largest absolute Gasteiger partial charge is 0.324 e. The van der Waals surface area contributed by atoms with Gasteiger partial charge in [-0.2, -0.15) is 5.10 Å². The molecule has 3 amide bonds. The highest BCUT2D eigenvalue weighted by Crippen LogP contribution is 2.22. The maximum atomic E-state index is 12.4. The summed E-state index contributed by atoms with van der Waals surface area (Å²) in [6.45, 7) is 0.0489. The lowest BCUT2D eigenvalue weighted by atomic mass is 10.2. The van der Waals surface area contributed by atoms with Crippen molar-refractivity contribution < 1.29 is 14.4 Å². The van der Waals surface area contributed by atoms with Crippen LogP contribution in [0.25, 0.3) is 16.7 Å². The number of nitrogens with zero attached hydrogens (tertiary/aromatic N) is 4. The number of likely N-dealkylation sites (tertiary alicyclic amines) is 1. The highest BCUT2D eigenvalue weighted by Gasteiger charge is 2.28. The molecule has 0 bridgehead atoms. The third-order valence-electron chi connectivity index (χ3n) is 4.49. The predicted molar refractivity (Wildman–Crippen MR) is 98.7 cm³/mol. The molecule has 28 heavy (non-hydrogen) atoms. The van der Waals surface area contributed by atoms with Gasteiger partial charge in [-0.1, -0.05) is 12.1 Å². The number of aromatic amines is 1. The van der Waals surface area contributed by atoms with Crippen molar-refractivity contribution in [2.24, 2.45) is 0 Å². The van der Waals surface area contributed by atoms with E-state index in [0.29, 0.717) is 22.4 Å². The van der Waals surface area contributed by atoms with Gasteiger partial charge in [0.05, 0.1) is 23.9 Å². The van der Waals surface area contributed by atoms with Crippen LogP contribution >= 0.6 is 0 Å². The lowest BCUT2D eigenvalue weighted by molar-refractivity contribution is -0.138. The van der Waals surface area contributed by atoms with Gasteiger partial charge in [-0.05, 0) is 12.1 Å². The van der Waals surface area contributed by atoms with Crippen LogP contribution in [0, 0.1) is 0 Å². The Morgan fingerprint density at radius 2 is 1.89 bits per heavy atom. The first-order valence-corrected chi connectivity index (χ1v) is 8.68. The van der Waals surface area contributed by atoms with Crippen molar-refractivity contribution in [2.75, 3.05) is 11.9 Å². The minimum Gasteiger partial charge on any atom is -0.324 e. The zero-order valence-corrected chi connectivity index (χ0v) is 14.7. The van der Waals surface area contributed by atoms with Crippen LogP contribution in [0.2, 0.25) is 0 Å². The van der Waals surface area contributed by atoms with E-state index in [9.17, 15) is 19.2 Å². The molecule has 0 unspecified atom stereocenters. The van der Waals surface area contributed by atoms with E-state index in [0.717, 1.165) is 4.90 Å². The van der Waals surface area contributed by atoms with E-state index in [2.05, 4.69) is 20.4 Å². The van der Waals surface area contributed by atoms with Crippen molar-refractivity contribution in [1.29, 1.82) is 0 Å². The van der Waals surface area contributed by atoms with Crippen molar-refractivity contribution >= 4 is 34.4 Å². The predicted octanol–water partition coefficient (Wildman–Crippen LogP) is 0.586. The summed E-state index contributed by atoms with van der Waals surface area (Å²) in [7, 11) is 0. The Kier molecular flexibility index (Phi) is 4.44. The quantitative estimate of drug-likeness (QED) is 0.623. The standard InChI is InChI=1S/C18H16N6O4/c25-14(7-8-23-15(26)5-6-16(23)27)22-12-3-1-2-4-13(12)24-17-11(9-21-24)18(28)20-10-19-17/h1-4,9-10H,5-8H2,(H,22,25)(H,19,20,28). The number of fused-ring (bicyclic) bond motifs is 1. The molecule has 4 rings (SSSR count). The number of aromatic nitrogens is 4. The van der Waals surface area contributed by atoms with E-state index in [1.165, 1.54) is 17.2 Å². The second kappa shape index (κ2) is 7.06. The lowest BCUT2D eigenvalue weighted by Crippen LogP contribution is -2.32. The van der Waals surface area contributed by atoms with E-state index in [-0.39, 0.29) is 49.1 Å². The molecule has 10 nitrogen and oxygen atoms in total. The zero-order chi connectivity index (χ0) is 19.7. The maximum Gasteiger partial charge on any atom is 0.261 e. The number of nitrogens with one attached hydrogen (secondary N) is 2. The van der Waals surface area contributed by atoms with Gasteiger partial charge >= 0.3 is 0 Å². The van der Waals surface area contributed by atoms with Crippen LogP contribution < -0.4 is 10.9 Å². The Bertz CT molecular complexity index is 1130. The molecule has 10 heteroatoms. The van der Waals surface area contributed by atoms with Crippen molar-refractivity contribution in [3.8, 4) is 5.69 Å². The first-order chi connectivity index (χ1) is 13.5. The van der Waals surface area contributed by atoms with Gasteiger partial charge in [0.2, 0.25) is 17.7 Å². The third-order valence-corrected chi connectivity index (χ3v) is 4.49. The van der Waals surface area contributed by atoms with Crippen LogP contribution in [-0.4, -0.2) is 48.9 Å². The van der Waals surface area contributed by atoms with Crippen LogP contribution in [0.3, 0.4) is 0 Å². The van der Waals surface area contributed by atoms with Crippen LogP contribution in [0.15, 0.2) is 41.6 Å². The van der Waals surface area contributed by atoms with Gasteiger partial charge in [0, 0.05) is 25.8 Å². The van der Waals surface area contributed by atoms with E-state index in [4.69, 9.17) is 0 Å². The molecule has 1 aliphatic rings. The van der Waals surface area contributed by atoms with Gasteiger partial charge in [-0.3, -0.25) is 24.1 Å². The molecule has 2 aromatic heterocycles. The number of hydrogen-bond donors (Lipinski definition) is 2. The second-order valence-electron chi connectivity index (χ2n) is 6.28. The summed E-state index contributed by atoms with van der Waals surface area (Å²) in [4.78, 5) is 55.3. The minimum atomic E-state index is -0.345. The summed E-state index contributed by atoms with van der Waals surface area (Å²) in [6.07, 6.45) is 3.08. The number of imide groups is 1. The number of anilines is 1. The molecular formula is C18H16N6O4. The number of para-hydroxylation sites is 2. The van der Waals surface area contributed by atoms with E-state index >= 15 is 0 Å². The molecule has 1 aromatic carbocycles. The first kappa shape index (κ1) is 17.6. The molecule has 0 spiro atoms. The molecule has 142 valence electrons. The van der Waals surface area contributed by atoms with Gasteiger partial charge in [0.15, 0.2) is 5.65 Å². The molecule has 3 aromatic rings. The van der Waals surface area contributed by atoms with E-state index in [1.807, 2.05) is 0 Å². The topological polar surface area (TPSA) is 130 Å². The maximum absolute atomic E-state index is 12.4. The van der Waals surface area contributed by atoms with Crippen molar-refractivity contribution in [3.05, 3.63) is 47.1 Å². The summed E-state index contributed by atoms with van der Waals surface area (Å²) in [6, 6.07) is 6.95. The fourth-order valence-corrected chi connectivity index (χ4v) is 3.09. The second-order valence-corrected chi connectivity index (χ2v) is 6.28. The van der Waals surface area contributed by atoms with E-state index in [1.54, 1.807) is 24.3 Å². The molecule has 0 saturated carbocycles. The summed E-state index contributed by atoms with van der Waals surface area (Å²) >= 11 is 0. The summed E-state index contributed by atoms with van der Waals surface area (Å²) in [5, 5.41) is 7.31. The molecule has 1 aliphatic heterocycles.